The van der Waals surface area contributed by atoms with E-state index in [4.69, 9.17) is 9.47 Å². The smallest absolute Gasteiger partial charge is 0.295 e. The Hall–Kier alpha value is -3.53. The Balaban J connectivity index is 1.52. The number of benzene rings is 2. The average molecular weight is 534 g/mol. The number of carbonyl (C=O) groups is 2. The highest BCUT2D eigenvalue weighted by Gasteiger charge is 2.46. The fraction of sp³-hybridized carbons (Fsp3) is 0.345. The molecule has 2 aliphatic rings. The van der Waals surface area contributed by atoms with E-state index in [1.807, 2.05) is 61.5 Å². The van der Waals surface area contributed by atoms with Crippen LogP contribution >= 0.6 is 11.3 Å². The van der Waals surface area contributed by atoms with E-state index in [1.54, 1.807) is 12.0 Å². The van der Waals surface area contributed by atoms with Crippen molar-refractivity contribution in [2.45, 2.75) is 19.4 Å². The molecule has 9 heteroatoms. The van der Waals surface area contributed by atoms with Gasteiger partial charge < -0.3 is 19.5 Å². The number of Topliss-reactive ketones (excluding diaryl/α,β-unsaturated/α-hetero) is 1. The quantitative estimate of drug-likeness (QED) is 0.263. The van der Waals surface area contributed by atoms with Gasteiger partial charge in [0.25, 0.3) is 11.7 Å². The number of hydrogen-bond donors (Lipinski definition) is 1. The topological polar surface area (TPSA) is 92.2 Å². The van der Waals surface area contributed by atoms with Gasteiger partial charge in [-0.1, -0.05) is 42.5 Å². The first kappa shape index (κ1) is 26.1. The van der Waals surface area contributed by atoms with Crippen LogP contribution in [0.2, 0.25) is 0 Å². The fourth-order valence-corrected chi connectivity index (χ4v) is 5.93. The van der Waals surface area contributed by atoms with Crippen LogP contribution in [0, 0.1) is 6.92 Å². The highest BCUT2D eigenvalue weighted by Crippen LogP contribution is 2.41. The predicted octanol–water partition coefficient (Wildman–Crippen LogP) is 4.27. The maximum Gasteiger partial charge on any atom is 0.295 e. The van der Waals surface area contributed by atoms with Gasteiger partial charge in [-0.05, 0) is 31.0 Å². The monoisotopic (exact) mass is 533 g/mol. The molecule has 198 valence electrons. The normalized spacial score (nSPS) is 19.7. The minimum Gasteiger partial charge on any atom is -0.505 e. The number of aromatic nitrogens is 1. The molecule has 2 aliphatic heterocycles. The number of aliphatic hydroxyl groups excluding tert-OH is 1. The van der Waals surface area contributed by atoms with Crippen molar-refractivity contribution >= 4 is 28.8 Å². The zero-order valence-corrected chi connectivity index (χ0v) is 22.4. The van der Waals surface area contributed by atoms with Gasteiger partial charge >= 0.3 is 0 Å². The van der Waals surface area contributed by atoms with Gasteiger partial charge in [0.05, 0.1) is 31.9 Å². The fourth-order valence-electron chi connectivity index (χ4n) is 5.01. The first-order valence-electron chi connectivity index (χ1n) is 12.7. The molecule has 5 rings (SSSR count). The van der Waals surface area contributed by atoms with E-state index in [9.17, 15) is 14.7 Å². The van der Waals surface area contributed by atoms with Crippen molar-refractivity contribution in [3.63, 3.8) is 0 Å². The zero-order valence-electron chi connectivity index (χ0n) is 21.6. The molecule has 2 fully saturated rings. The largest absolute Gasteiger partial charge is 0.505 e. The number of aliphatic hydroxyl groups is 1. The second kappa shape index (κ2) is 11.5. The molecule has 0 radical (unpaired) electrons. The van der Waals surface area contributed by atoms with Crippen LogP contribution in [-0.2, 0) is 14.3 Å². The molecule has 0 spiro atoms. The van der Waals surface area contributed by atoms with E-state index in [1.165, 1.54) is 11.3 Å². The van der Waals surface area contributed by atoms with Crippen LogP contribution in [0.1, 0.15) is 28.6 Å². The van der Waals surface area contributed by atoms with Crippen LogP contribution in [0.25, 0.3) is 16.3 Å². The molecule has 1 amide bonds. The van der Waals surface area contributed by atoms with Crippen molar-refractivity contribution in [2.75, 3.05) is 46.5 Å². The second-order valence-corrected chi connectivity index (χ2v) is 10.6. The number of hydrogen-bond acceptors (Lipinski definition) is 8. The molecule has 0 bridgehead atoms. The number of aryl methyl sites for hydroxylation is 1. The minimum atomic E-state index is -0.740. The number of carbonyl (C=O) groups excluding carboxylic acids is 2. The Bertz CT molecular complexity index is 1350. The molecule has 38 heavy (non-hydrogen) atoms. The summed E-state index contributed by atoms with van der Waals surface area (Å²) in [5, 5.41) is 12.3. The Kier molecular flexibility index (Phi) is 7.87. The summed E-state index contributed by atoms with van der Waals surface area (Å²) < 4.78 is 10.8. The maximum atomic E-state index is 13.4. The number of morpholine rings is 1. The molecule has 8 nitrogen and oxygen atoms in total. The highest BCUT2D eigenvalue weighted by atomic mass is 32.1. The summed E-state index contributed by atoms with van der Waals surface area (Å²) >= 11 is 1.44. The molecule has 1 N–H and O–H groups in total. The lowest BCUT2D eigenvalue weighted by atomic mass is 9.96. The molecule has 1 aromatic heterocycles. The number of rotatable bonds is 8. The molecular weight excluding hydrogens is 502 g/mol. The third-order valence-corrected chi connectivity index (χ3v) is 7.99. The molecule has 2 saturated heterocycles. The van der Waals surface area contributed by atoms with Crippen LogP contribution in [-0.4, -0.2) is 78.1 Å². The molecule has 0 saturated carbocycles. The predicted molar refractivity (Wildman–Crippen MR) is 146 cm³/mol. The average Bonchev–Trinajstić information content (AvgIpc) is 3.46. The lowest BCUT2D eigenvalue weighted by Gasteiger charge is -2.29. The Labute approximate surface area is 226 Å². The summed E-state index contributed by atoms with van der Waals surface area (Å²) in [7, 11) is 1.57. The molecule has 0 unspecified atom stereocenters. The summed E-state index contributed by atoms with van der Waals surface area (Å²) in [5.74, 6) is -0.951. The number of thiazole rings is 1. The molecule has 3 aromatic rings. The molecule has 2 aromatic carbocycles. The van der Waals surface area contributed by atoms with Crippen LogP contribution in [0.3, 0.4) is 0 Å². The van der Waals surface area contributed by atoms with Gasteiger partial charge in [-0.3, -0.25) is 14.5 Å². The number of likely N-dealkylation sites (tertiary alicyclic amines) is 1. The van der Waals surface area contributed by atoms with Crippen molar-refractivity contribution < 1.29 is 24.2 Å². The van der Waals surface area contributed by atoms with Gasteiger partial charge in [0.1, 0.15) is 16.5 Å². The van der Waals surface area contributed by atoms with Crippen molar-refractivity contribution in [1.82, 2.24) is 14.8 Å². The van der Waals surface area contributed by atoms with Gasteiger partial charge in [-0.2, -0.15) is 0 Å². The number of nitrogens with zero attached hydrogens (tertiary/aromatic N) is 3. The van der Waals surface area contributed by atoms with Gasteiger partial charge in [0.2, 0.25) is 0 Å². The summed E-state index contributed by atoms with van der Waals surface area (Å²) in [6.45, 7) is 6.14. The van der Waals surface area contributed by atoms with Crippen molar-refractivity contribution in [1.29, 1.82) is 0 Å². The van der Waals surface area contributed by atoms with Crippen molar-refractivity contribution in [3.05, 3.63) is 76.3 Å². The van der Waals surface area contributed by atoms with E-state index < -0.39 is 17.7 Å². The summed E-state index contributed by atoms with van der Waals surface area (Å²) in [4.78, 5) is 36.1. The lowest BCUT2D eigenvalue weighted by Crippen LogP contribution is -2.38. The van der Waals surface area contributed by atoms with Crippen LogP contribution in [0.5, 0.6) is 5.75 Å². The standard InChI is InChI=1S/C29H31N3O5S/c1-19-24(30-28(38-19)20-8-4-3-5-9-20)26(33)23-25(21-10-6-11-22(18-21)36-2)32(29(35)27(23)34)13-7-12-31-14-16-37-17-15-31/h3-6,8-11,18,25,33H,7,12-17H2,1-2H3/t25-/m1/s1. The summed E-state index contributed by atoms with van der Waals surface area (Å²) in [6.07, 6.45) is 0.696. The molecule has 3 heterocycles. The van der Waals surface area contributed by atoms with Gasteiger partial charge in [0, 0.05) is 36.6 Å². The Morgan fingerprint density at radius 1 is 1.11 bits per heavy atom. The van der Waals surface area contributed by atoms with E-state index in [2.05, 4.69) is 9.88 Å². The summed E-state index contributed by atoms with van der Waals surface area (Å²) in [6, 6.07) is 16.2. The number of amides is 1. The Morgan fingerprint density at radius 2 is 1.87 bits per heavy atom. The van der Waals surface area contributed by atoms with Crippen LogP contribution in [0.15, 0.2) is 60.2 Å². The number of methoxy groups -OCH3 is 1. The molecule has 1 atom stereocenters. The third-order valence-electron chi connectivity index (χ3n) is 6.97. The SMILES string of the molecule is COc1cccc([C@@H]2C(=C(O)c3nc(-c4ccccc4)sc3C)C(=O)C(=O)N2CCCN2CCOCC2)c1. The van der Waals surface area contributed by atoms with Gasteiger partial charge in [0.15, 0.2) is 5.76 Å². The number of ether oxygens (including phenoxy) is 2. The Morgan fingerprint density at radius 3 is 2.61 bits per heavy atom. The van der Waals surface area contributed by atoms with E-state index in [-0.39, 0.29) is 11.3 Å². The van der Waals surface area contributed by atoms with Crippen LogP contribution in [0.4, 0.5) is 0 Å². The molecule has 0 aliphatic carbocycles. The van der Waals surface area contributed by atoms with Gasteiger partial charge in [-0.15, -0.1) is 11.3 Å². The first-order chi connectivity index (χ1) is 18.5. The first-order valence-corrected chi connectivity index (χ1v) is 13.5. The second-order valence-electron chi connectivity index (χ2n) is 9.37. The minimum absolute atomic E-state index is 0.0580. The zero-order chi connectivity index (χ0) is 26.6. The van der Waals surface area contributed by atoms with Gasteiger partial charge in [-0.25, -0.2) is 4.98 Å². The highest BCUT2D eigenvalue weighted by molar-refractivity contribution is 7.15. The van der Waals surface area contributed by atoms with E-state index in [0.717, 1.165) is 35.1 Å². The number of ketones is 1. The lowest BCUT2D eigenvalue weighted by molar-refractivity contribution is -0.140. The maximum absolute atomic E-state index is 13.4. The van der Waals surface area contributed by atoms with E-state index in [0.29, 0.717) is 43.2 Å². The third kappa shape index (κ3) is 5.22. The van der Waals surface area contributed by atoms with Crippen molar-refractivity contribution in [3.8, 4) is 16.3 Å². The summed E-state index contributed by atoms with van der Waals surface area (Å²) in [5.41, 5.74) is 2.01. The molecular formula is C29H31N3O5S. The van der Waals surface area contributed by atoms with E-state index >= 15 is 0 Å². The van der Waals surface area contributed by atoms with Crippen molar-refractivity contribution in [2.24, 2.45) is 0 Å². The van der Waals surface area contributed by atoms with Crippen LogP contribution < -0.4 is 4.74 Å².